The Labute approximate surface area is 115 Å². The van der Waals surface area contributed by atoms with Gasteiger partial charge < -0.3 is 10.6 Å². The van der Waals surface area contributed by atoms with Crippen LogP contribution in [0.3, 0.4) is 0 Å². The average Bonchev–Trinajstić information content (AvgIpc) is 2.81. The van der Waals surface area contributed by atoms with E-state index < -0.39 is 0 Å². The average molecular weight is 280 g/mol. The summed E-state index contributed by atoms with van der Waals surface area (Å²) in [6.45, 7) is 0.370. The van der Waals surface area contributed by atoms with Gasteiger partial charge in [-0.2, -0.15) is 5.10 Å². The van der Waals surface area contributed by atoms with Gasteiger partial charge in [-0.1, -0.05) is 11.6 Å². The van der Waals surface area contributed by atoms with E-state index in [4.69, 9.17) is 11.6 Å². The molecule has 2 rings (SSSR count). The molecule has 2 aromatic heterocycles. The van der Waals surface area contributed by atoms with Crippen LogP contribution in [0, 0.1) is 0 Å². The number of nitrogens with zero attached hydrogens (tertiary/aromatic N) is 3. The molecule has 7 heteroatoms. The number of pyridine rings is 1. The molecular weight excluding hydrogens is 266 g/mol. The molecule has 0 saturated carbocycles. The molecule has 100 valence electrons. The van der Waals surface area contributed by atoms with E-state index in [1.807, 2.05) is 19.3 Å². The van der Waals surface area contributed by atoms with Crippen molar-refractivity contribution in [1.29, 1.82) is 0 Å². The number of aromatic nitrogens is 3. The van der Waals surface area contributed by atoms with Gasteiger partial charge in [0.25, 0.3) is 5.91 Å². The Hall–Kier alpha value is -2.08. The number of amides is 1. The number of aryl methyl sites for hydroxylation is 1. The van der Waals surface area contributed by atoms with E-state index in [9.17, 15) is 4.79 Å². The van der Waals surface area contributed by atoms with Gasteiger partial charge in [0, 0.05) is 25.9 Å². The fourth-order valence-electron chi connectivity index (χ4n) is 1.59. The van der Waals surface area contributed by atoms with Crippen molar-refractivity contribution in [3.63, 3.8) is 0 Å². The predicted molar refractivity (Wildman–Crippen MR) is 73.2 cm³/mol. The highest BCUT2D eigenvalue weighted by atomic mass is 35.5. The van der Waals surface area contributed by atoms with Crippen molar-refractivity contribution < 1.29 is 4.79 Å². The van der Waals surface area contributed by atoms with Gasteiger partial charge in [-0.15, -0.1) is 0 Å². The van der Waals surface area contributed by atoms with E-state index in [0.29, 0.717) is 17.9 Å². The lowest BCUT2D eigenvalue weighted by Crippen LogP contribution is -2.23. The molecule has 6 nitrogen and oxygen atoms in total. The molecule has 0 fully saturated rings. The second-order valence-electron chi connectivity index (χ2n) is 3.98. The van der Waals surface area contributed by atoms with Crippen LogP contribution in [0.25, 0.3) is 0 Å². The van der Waals surface area contributed by atoms with Gasteiger partial charge in [-0.3, -0.25) is 9.48 Å². The van der Waals surface area contributed by atoms with E-state index >= 15 is 0 Å². The summed E-state index contributed by atoms with van der Waals surface area (Å²) in [5, 5.41) is 10.1. The van der Waals surface area contributed by atoms with E-state index in [0.717, 1.165) is 5.69 Å². The van der Waals surface area contributed by atoms with Crippen LogP contribution in [-0.4, -0.2) is 27.7 Å². The Balaban J connectivity index is 2.05. The Morgan fingerprint density at radius 3 is 2.89 bits per heavy atom. The lowest BCUT2D eigenvalue weighted by molar-refractivity contribution is 0.0950. The molecule has 0 aliphatic rings. The molecule has 0 radical (unpaired) electrons. The van der Waals surface area contributed by atoms with Gasteiger partial charge in [0.1, 0.15) is 11.0 Å². The Kier molecular flexibility index (Phi) is 4.01. The second kappa shape index (κ2) is 5.71. The summed E-state index contributed by atoms with van der Waals surface area (Å²) in [5.74, 6) is 0.335. The molecule has 0 aromatic carbocycles. The maximum absolute atomic E-state index is 12.0. The van der Waals surface area contributed by atoms with Crippen LogP contribution in [0.1, 0.15) is 16.1 Å². The summed E-state index contributed by atoms with van der Waals surface area (Å²) >= 11 is 5.85. The first kappa shape index (κ1) is 13.4. The van der Waals surface area contributed by atoms with Gasteiger partial charge in [-0.25, -0.2) is 4.98 Å². The smallest absolute Gasteiger partial charge is 0.251 e. The molecule has 2 N–H and O–H groups in total. The molecule has 0 unspecified atom stereocenters. The van der Waals surface area contributed by atoms with Crippen molar-refractivity contribution in [2.45, 2.75) is 6.54 Å². The number of carbonyl (C=O) groups excluding carboxylic acids is 1. The summed E-state index contributed by atoms with van der Waals surface area (Å²) in [6, 6.07) is 5.01. The standard InChI is InChI=1S/C12H14ClN5O/c1-14-11-6-8(5-10(13)16-11)12(19)15-7-9-3-4-18(2)17-9/h3-6H,7H2,1-2H3,(H,14,16)(H,15,19). The van der Waals surface area contributed by atoms with E-state index in [-0.39, 0.29) is 11.1 Å². The minimum atomic E-state index is -0.216. The lowest BCUT2D eigenvalue weighted by atomic mass is 10.2. The van der Waals surface area contributed by atoms with Crippen molar-refractivity contribution in [2.24, 2.45) is 7.05 Å². The number of anilines is 1. The van der Waals surface area contributed by atoms with Gasteiger partial charge in [0.15, 0.2) is 0 Å². The maximum Gasteiger partial charge on any atom is 0.251 e. The highest BCUT2D eigenvalue weighted by molar-refractivity contribution is 6.29. The van der Waals surface area contributed by atoms with Crippen LogP contribution in [0.15, 0.2) is 24.4 Å². The molecule has 1 amide bonds. The first-order valence-electron chi connectivity index (χ1n) is 5.70. The van der Waals surface area contributed by atoms with Crippen molar-refractivity contribution >= 4 is 23.3 Å². The van der Waals surface area contributed by atoms with E-state index in [2.05, 4.69) is 20.7 Å². The highest BCUT2D eigenvalue weighted by Crippen LogP contribution is 2.14. The number of nitrogens with one attached hydrogen (secondary N) is 2. The second-order valence-corrected chi connectivity index (χ2v) is 4.36. The van der Waals surface area contributed by atoms with Crippen LogP contribution < -0.4 is 10.6 Å². The Bertz CT molecular complexity index is 596. The predicted octanol–water partition coefficient (Wildman–Crippen LogP) is 1.44. The third kappa shape index (κ3) is 3.45. The SMILES string of the molecule is CNc1cc(C(=O)NCc2ccn(C)n2)cc(Cl)n1. The number of carbonyl (C=O) groups is 1. The zero-order valence-corrected chi connectivity index (χ0v) is 11.4. The minimum Gasteiger partial charge on any atom is -0.373 e. The first-order valence-corrected chi connectivity index (χ1v) is 6.08. The summed E-state index contributed by atoms with van der Waals surface area (Å²) < 4.78 is 1.68. The highest BCUT2D eigenvalue weighted by Gasteiger charge is 2.09. The van der Waals surface area contributed by atoms with Crippen LogP contribution in [-0.2, 0) is 13.6 Å². The topological polar surface area (TPSA) is 71.8 Å². The summed E-state index contributed by atoms with van der Waals surface area (Å²) in [6.07, 6.45) is 1.82. The van der Waals surface area contributed by atoms with E-state index in [1.165, 1.54) is 6.07 Å². The van der Waals surface area contributed by atoms with E-state index in [1.54, 1.807) is 17.8 Å². The molecule has 2 aromatic rings. The monoisotopic (exact) mass is 279 g/mol. The molecule has 19 heavy (non-hydrogen) atoms. The first-order chi connectivity index (χ1) is 9.08. The molecular formula is C12H14ClN5O. The minimum absolute atomic E-state index is 0.216. The third-order valence-corrected chi connectivity index (χ3v) is 2.70. The molecule has 0 atom stereocenters. The van der Waals surface area contributed by atoms with Crippen molar-refractivity contribution in [3.05, 3.63) is 40.8 Å². The van der Waals surface area contributed by atoms with Gasteiger partial charge in [0.2, 0.25) is 0 Å². The van der Waals surface area contributed by atoms with Crippen LogP contribution in [0.5, 0.6) is 0 Å². The van der Waals surface area contributed by atoms with Gasteiger partial charge in [0.05, 0.1) is 12.2 Å². The van der Waals surface area contributed by atoms with Crippen LogP contribution in [0.2, 0.25) is 5.15 Å². The maximum atomic E-state index is 12.0. The van der Waals surface area contributed by atoms with Crippen molar-refractivity contribution in [2.75, 3.05) is 12.4 Å². The number of hydrogen-bond donors (Lipinski definition) is 2. The summed E-state index contributed by atoms with van der Waals surface area (Å²) in [4.78, 5) is 16.0. The quantitative estimate of drug-likeness (QED) is 0.831. The normalized spacial score (nSPS) is 10.3. The number of halogens is 1. The third-order valence-electron chi connectivity index (χ3n) is 2.51. The fraction of sp³-hybridized carbons (Fsp3) is 0.250. The molecule has 0 bridgehead atoms. The summed E-state index contributed by atoms with van der Waals surface area (Å²) in [7, 11) is 3.54. The van der Waals surface area contributed by atoms with Crippen molar-refractivity contribution in [1.82, 2.24) is 20.1 Å². The Morgan fingerprint density at radius 2 is 2.26 bits per heavy atom. The van der Waals surface area contributed by atoms with Crippen LogP contribution >= 0.6 is 11.6 Å². The molecule has 0 aliphatic heterocycles. The molecule has 0 aliphatic carbocycles. The molecule has 0 saturated heterocycles. The number of rotatable bonds is 4. The van der Waals surface area contributed by atoms with Crippen molar-refractivity contribution in [3.8, 4) is 0 Å². The largest absolute Gasteiger partial charge is 0.373 e. The summed E-state index contributed by atoms with van der Waals surface area (Å²) in [5.41, 5.74) is 1.25. The van der Waals surface area contributed by atoms with Gasteiger partial charge >= 0.3 is 0 Å². The van der Waals surface area contributed by atoms with Gasteiger partial charge in [-0.05, 0) is 18.2 Å². The Morgan fingerprint density at radius 1 is 1.47 bits per heavy atom. The zero-order chi connectivity index (χ0) is 13.8. The number of hydrogen-bond acceptors (Lipinski definition) is 4. The molecule has 2 heterocycles. The molecule has 0 spiro atoms. The fourth-order valence-corrected chi connectivity index (χ4v) is 1.80. The van der Waals surface area contributed by atoms with Crippen LogP contribution in [0.4, 0.5) is 5.82 Å². The lowest BCUT2D eigenvalue weighted by Gasteiger charge is -2.06. The zero-order valence-electron chi connectivity index (χ0n) is 10.6.